The number of hydrogen-bond acceptors (Lipinski definition) is 5. The maximum Gasteiger partial charge on any atom is 0.253 e. The molecule has 2 heterocycles. The van der Waals surface area contributed by atoms with Gasteiger partial charge in [-0.3, -0.25) is 4.79 Å². The van der Waals surface area contributed by atoms with Gasteiger partial charge in [-0.05, 0) is 44.4 Å². The zero-order valence-corrected chi connectivity index (χ0v) is 17.6. The molecule has 150 valence electrons. The van der Waals surface area contributed by atoms with Crippen molar-refractivity contribution in [2.24, 2.45) is 0 Å². The number of carbonyl (C=O) groups excluding carboxylic acids is 1. The molecule has 0 aliphatic carbocycles. The molecule has 1 aliphatic rings. The first-order chi connectivity index (χ1) is 13.2. The van der Waals surface area contributed by atoms with Gasteiger partial charge in [0.1, 0.15) is 5.60 Å². The Hall–Kier alpha value is -2.18. The second kappa shape index (κ2) is 8.05. The predicted molar refractivity (Wildman–Crippen MR) is 112 cm³/mol. The minimum atomic E-state index is -1.34. The number of amides is 1. The van der Waals surface area contributed by atoms with Crippen LogP contribution in [0.25, 0.3) is 11.1 Å². The van der Waals surface area contributed by atoms with E-state index in [2.05, 4.69) is 4.98 Å². The summed E-state index contributed by atoms with van der Waals surface area (Å²) in [6, 6.07) is 7.70. The average Bonchev–Trinajstić information content (AvgIpc) is 2.66. The largest absolute Gasteiger partial charge is 0.381 e. The molecule has 0 spiro atoms. The van der Waals surface area contributed by atoms with Crippen LogP contribution in [-0.2, 0) is 4.79 Å². The summed E-state index contributed by atoms with van der Waals surface area (Å²) in [7, 11) is 3.84. The molecular weight excluding hydrogens is 376 g/mol. The Morgan fingerprint density at radius 2 is 1.96 bits per heavy atom. The highest BCUT2D eigenvalue weighted by molar-refractivity contribution is 6.30. The second-order valence-corrected chi connectivity index (χ2v) is 8.44. The third-order valence-electron chi connectivity index (χ3n) is 5.03. The number of carbonyl (C=O) groups is 1. The lowest BCUT2D eigenvalue weighted by molar-refractivity contribution is -0.148. The smallest absolute Gasteiger partial charge is 0.253 e. The van der Waals surface area contributed by atoms with Gasteiger partial charge in [0.2, 0.25) is 5.95 Å². The van der Waals surface area contributed by atoms with Crippen molar-refractivity contribution in [1.29, 1.82) is 0 Å². The van der Waals surface area contributed by atoms with Gasteiger partial charge in [0.05, 0.1) is 5.69 Å². The summed E-state index contributed by atoms with van der Waals surface area (Å²) < 4.78 is 0. The average molecular weight is 403 g/mol. The Bertz CT molecular complexity index is 856. The normalized spacial score (nSPS) is 15.6. The van der Waals surface area contributed by atoms with Crippen molar-refractivity contribution in [2.45, 2.75) is 38.2 Å². The lowest BCUT2D eigenvalue weighted by Gasteiger charge is -2.35. The van der Waals surface area contributed by atoms with Crippen LogP contribution in [0.5, 0.6) is 0 Å². The molecule has 6 nitrogen and oxygen atoms in total. The number of rotatable bonds is 4. The van der Waals surface area contributed by atoms with E-state index in [1.807, 2.05) is 49.5 Å². The van der Waals surface area contributed by atoms with E-state index in [0.29, 0.717) is 24.1 Å². The van der Waals surface area contributed by atoms with Gasteiger partial charge < -0.3 is 14.9 Å². The molecular formula is C21H27ClN4O2. The van der Waals surface area contributed by atoms with Gasteiger partial charge >= 0.3 is 0 Å². The molecule has 28 heavy (non-hydrogen) atoms. The van der Waals surface area contributed by atoms with Crippen LogP contribution in [0.15, 0.2) is 30.5 Å². The summed E-state index contributed by atoms with van der Waals surface area (Å²) in [6.45, 7) is 4.27. The van der Waals surface area contributed by atoms with Crippen LogP contribution in [0.3, 0.4) is 0 Å². The highest BCUT2D eigenvalue weighted by atomic mass is 35.5. The first-order valence-electron chi connectivity index (χ1n) is 9.49. The number of aliphatic hydroxyl groups is 1. The Morgan fingerprint density at radius 1 is 1.29 bits per heavy atom. The number of anilines is 1. The fourth-order valence-electron chi connectivity index (χ4n) is 3.53. The molecule has 1 saturated heterocycles. The van der Waals surface area contributed by atoms with Gasteiger partial charge in [0.25, 0.3) is 5.91 Å². The summed E-state index contributed by atoms with van der Waals surface area (Å²) in [5.41, 5.74) is 1.60. The van der Waals surface area contributed by atoms with Crippen molar-refractivity contribution in [3.63, 3.8) is 0 Å². The molecule has 3 rings (SSSR count). The molecule has 7 heteroatoms. The van der Waals surface area contributed by atoms with Crippen molar-refractivity contribution in [1.82, 2.24) is 14.9 Å². The summed E-state index contributed by atoms with van der Waals surface area (Å²) in [4.78, 5) is 25.3. The van der Waals surface area contributed by atoms with E-state index >= 15 is 0 Å². The first kappa shape index (κ1) is 20.6. The van der Waals surface area contributed by atoms with Crippen molar-refractivity contribution in [3.8, 4) is 11.1 Å². The second-order valence-electron chi connectivity index (χ2n) is 8.00. The topological polar surface area (TPSA) is 69.6 Å². The third kappa shape index (κ3) is 4.45. The summed E-state index contributed by atoms with van der Waals surface area (Å²) in [5, 5.41) is 10.7. The van der Waals surface area contributed by atoms with Crippen LogP contribution >= 0.6 is 11.6 Å². The molecule has 1 N–H and O–H groups in total. The Morgan fingerprint density at radius 3 is 2.54 bits per heavy atom. The van der Waals surface area contributed by atoms with E-state index in [9.17, 15) is 9.90 Å². The summed E-state index contributed by atoms with van der Waals surface area (Å²) in [6.07, 6.45) is 3.44. The van der Waals surface area contributed by atoms with Gasteiger partial charge in [-0.15, -0.1) is 0 Å². The predicted octanol–water partition coefficient (Wildman–Crippen LogP) is 3.34. The summed E-state index contributed by atoms with van der Waals surface area (Å²) >= 11 is 6.19. The molecule has 1 aliphatic heterocycles. The molecule has 1 aromatic heterocycles. The number of likely N-dealkylation sites (tertiary alicyclic amines) is 1. The van der Waals surface area contributed by atoms with Crippen molar-refractivity contribution in [2.75, 3.05) is 32.1 Å². The van der Waals surface area contributed by atoms with Crippen LogP contribution in [0.1, 0.15) is 38.3 Å². The summed E-state index contributed by atoms with van der Waals surface area (Å²) in [5.74, 6) is 0.648. The van der Waals surface area contributed by atoms with Crippen molar-refractivity contribution >= 4 is 23.5 Å². The molecule has 0 atom stereocenters. The number of aromatic nitrogens is 2. The van der Waals surface area contributed by atoms with E-state index in [1.54, 1.807) is 4.90 Å². The van der Waals surface area contributed by atoms with Crippen molar-refractivity contribution in [3.05, 3.63) is 41.2 Å². The van der Waals surface area contributed by atoms with Crippen LogP contribution in [-0.4, -0.2) is 58.7 Å². The minimum absolute atomic E-state index is 0.210. The molecule has 0 unspecified atom stereocenters. The van der Waals surface area contributed by atoms with E-state index in [4.69, 9.17) is 16.6 Å². The zero-order chi connectivity index (χ0) is 20.5. The zero-order valence-electron chi connectivity index (χ0n) is 16.8. The van der Waals surface area contributed by atoms with Gasteiger partial charge in [0.15, 0.2) is 0 Å². The number of hydrogen-bond donors (Lipinski definition) is 1. The third-order valence-corrected chi connectivity index (χ3v) is 5.27. The Labute approximate surface area is 171 Å². The highest BCUT2D eigenvalue weighted by Crippen LogP contribution is 2.35. The van der Waals surface area contributed by atoms with Crippen LogP contribution in [0, 0.1) is 0 Å². The molecule has 2 aromatic rings. The van der Waals surface area contributed by atoms with Gasteiger partial charge in [-0.25, -0.2) is 9.97 Å². The monoisotopic (exact) mass is 402 g/mol. The number of piperidine rings is 1. The van der Waals surface area contributed by atoms with Gasteiger partial charge in [0, 0.05) is 49.9 Å². The molecule has 1 aromatic carbocycles. The number of halogens is 1. The van der Waals surface area contributed by atoms with E-state index in [1.165, 1.54) is 13.8 Å². The van der Waals surface area contributed by atoms with E-state index in [-0.39, 0.29) is 11.8 Å². The van der Waals surface area contributed by atoms with Crippen LogP contribution in [0.4, 0.5) is 5.95 Å². The molecule has 1 amide bonds. The van der Waals surface area contributed by atoms with Gasteiger partial charge in [-0.1, -0.05) is 23.7 Å². The van der Waals surface area contributed by atoms with E-state index in [0.717, 1.165) is 29.7 Å². The number of benzene rings is 1. The van der Waals surface area contributed by atoms with Gasteiger partial charge in [-0.2, -0.15) is 0 Å². The molecule has 0 bridgehead atoms. The fraction of sp³-hybridized carbons (Fsp3) is 0.476. The Kier molecular flexibility index (Phi) is 5.91. The molecule has 0 saturated carbocycles. The molecule has 0 radical (unpaired) electrons. The van der Waals surface area contributed by atoms with Crippen molar-refractivity contribution < 1.29 is 9.90 Å². The minimum Gasteiger partial charge on any atom is -0.381 e. The molecule has 1 fully saturated rings. The highest BCUT2D eigenvalue weighted by Gasteiger charge is 2.33. The fourth-order valence-corrected chi connectivity index (χ4v) is 3.72. The van der Waals surface area contributed by atoms with Crippen LogP contribution < -0.4 is 4.90 Å². The standard InChI is InChI=1S/C21H27ClN4O2/c1-21(2,28)19(27)26-10-8-14(9-11-26)18-17(13-23-20(24-18)25(3)4)15-6-5-7-16(22)12-15/h5-7,12-14,28H,8-11H2,1-4H3. The maximum absolute atomic E-state index is 12.4. The SMILES string of the molecule is CN(C)c1ncc(-c2cccc(Cl)c2)c(C2CCN(C(=O)C(C)(C)O)CC2)n1. The number of nitrogens with zero attached hydrogens (tertiary/aromatic N) is 4. The van der Waals surface area contributed by atoms with E-state index < -0.39 is 5.60 Å². The quantitative estimate of drug-likeness (QED) is 0.849. The lowest BCUT2D eigenvalue weighted by atomic mass is 9.88. The van der Waals surface area contributed by atoms with Crippen LogP contribution in [0.2, 0.25) is 5.02 Å². The lowest BCUT2D eigenvalue weighted by Crippen LogP contribution is -2.48. The maximum atomic E-state index is 12.4. The Balaban J connectivity index is 1.90. The first-order valence-corrected chi connectivity index (χ1v) is 9.86.